The lowest BCUT2D eigenvalue weighted by Gasteiger charge is -2.34. The van der Waals surface area contributed by atoms with Crippen molar-refractivity contribution in [1.82, 2.24) is 0 Å². The zero-order chi connectivity index (χ0) is 31.5. The second-order valence-electron chi connectivity index (χ2n) is 12.0. The second kappa shape index (κ2) is 26.4. The minimum Gasteiger partial charge on any atom is -0.544 e. The molecule has 2 unspecified atom stereocenters. The van der Waals surface area contributed by atoms with E-state index >= 15 is 0 Å². The van der Waals surface area contributed by atoms with Gasteiger partial charge in [-0.25, -0.2) is 0 Å². The lowest BCUT2D eigenvalue weighted by atomic mass is 10.1. The first kappa shape index (κ1) is 39.8. The predicted octanol–water partition coefficient (Wildman–Crippen LogP) is 6.07. The van der Waals surface area contributed by atoms with Gasteiger partial charge in [-0.15, -0.1) is 0 Å². The highest BCUT2D eigenvalue weighted by Gasteiger charge is 2.25. The number of carboxylic acids is 1. The number of carbonyl (C=O) groups is 3. The fourth-order valence-corrected chi connectivity index (χ4v) is 4.42. The lowest BCUT2D eigenvalue weighted by molar-refractivity contribution is -0.889. The molecule has 0 spiro atoms. The van der Waals surface area contributed by atoms with E-state index in [0.29, 0.717) is 12.8 Å². The molecule has 0 heterocycles. The number of ether oxygens (including phenoxy) is 3. The molecule has 0 rings (SSSR count). The Hall–Kier alpha value is -2.19. The Labute approximate surface area is 256 Å². The number of aliphatic carboxylic acids is 1. The summed E-state index contributed by atoms with van der Waals surface area (Å²) in [7, 11) is 5.36. The summed E-state index contributed by atoms with van der Waals surface area (Å²) < 4.78 is 16.9. The largest absolute Gasteiger partial charge is 0.544 e. The van der Waals surface area contributed by atoms with E-state index in [1.807, 2.05) is 6.08 Å². The first-order valence-electron chi connectivity index (χ1n) is 16.4. The molecule has 244 valence electrons. The number of carboxylic acid groups (broad SMARTS) is 1. The fourth-order valence-electron chi connectivity index (χ4n) is 4.42. The summed E-state index contributed by atoms with van der Waals surface area (Å²) in [6, 6.07) is -0.726. The van der Waals surface area contributed by atoms with E-state index in [4.69, 9.17) is 14.2 Å². The predicted molar refractivity (Wildman–Crippen MR) is 167 cm³/mol. The van der Waals surface area contributed by atoms with Crippen LogP contribution in [0.15, 0.2) is 24.3 Å². The normalized spacial score (nSPS) is 13.5. The van der Waals surface area contributed by atoms with Crippen LogP contribution in [0.3, 0.4) is 0 Å². The number of hydrogen-bond donors (Lipinski definition) is 0. The van der Waals surface area contributed by atoms with Crippen molar-refractivity contribution in [1.29, 1.82) is 0 Å². The van der Waals surface area contributed by atoms with E-state index in [1.165, 1.54) is 32.1 Å². The molecule has 42 heavy (non-hydrogen) atoms. The fraction of sp³-hybridized carbons (Fsp3) is 0.794. The standard InChI is InChI=1S/C34H61NO7/c1-6-8-10-12-14-15-16-17-19-21-23-25-33(37)42-30(28-40-27-26-31(34(38)39)35(3,4)5)29-41-32(36)24-22-20-18-13-11-9-7-2/h12,14,18,20,30-31H,6-11,13,15-17,19,21-29H2,1-5H3/b14-12+,20-18+. The van der Waals surface area contributed by atoms with Crippen molar-refractivity contribution in [3.8, 4) is 0 Å². The number of allylic oxidation sites excluding steroid dienone is 4. The SMILES string of the molecule is CCCC/C=C/CCCCCCCC(=O)OC(COCCC(C(=O)[O-])[N+](C)(C)C)COC(=O)CC/C=C/CCCCC. The maximum absolute atomic E-state index is 12.5. The molecule has 2 atom stereocenters. The third kappa shape index (κ3) is 24.4. The first-order valence-corrected chi connectivity index (χ1v) is 16.4. The van der Waals surface area contributed by atoms with Gasteiger partial charge in [0.15, 0.2) is 6.10 Å². The number of carbonyl (C=O) groups excluding carboxylic acids is 3. The summed E-state index contributed by atoms with van der Waals surface area (Å²) >= 11 is 0. The van der Waals surface area contributed by atoms with Gasteiger partial charge in [0.25, 0.3) is 0 Å². The summed E-state index contributed by atoms with van der Waals surface area (Å²) in [5.74, 6) is -1.82. The third-order valence-corrected chi connectivity index (χ3v) is 7.07. The van der Waals surface area contributed by atoms with Crippen molar-refractivity contribution in [2.45, 2.75) is 135 Å². The summed E-state index contributed by atoms with van der Waals surface area (Å²) in [6.07, 6.45) is 23.7. The average Bonchev–Trinajstić information content (AvgIpc) is 2.92. The Morgan fingerprint density at radius 3 is 1.88 bits per heavy atom. The number of hydrogen-bond acceptors (Lipinski definition) is 7. The topological polar surface area (TPSA) is 102 Å². The van der Waals surface area contributed by atoms with Gasteiger partial charge < -0.3 is 28.6 Å². The van der Waals surface area contributed by atoms with Crippen molar-refractivity contribution in [2.75, 3.05) is 41.0 Å². The summed E-state index contributed by atoms with van der Waals surface area (Å²) in [5, 5.41) is 11.5. The van der Waals surface area contributed by atoms with Crippen LogP contribution >= 0.6 is 0 Å². The van der Waals surface area contributed by atoms with Gasteiger partial charge in [0, 0.05) is 19.3 Å². The Balaban J connectivity index is 4.55. The molecule has 0 amide bonds. The first-order chi connectivity index (χ1) is 20.1. The van der Waals surface area contributed by atoms with Crippen LogP contribution in [0.1, 0.15) is 123 Å². The quantitative estimate of drug-likeness (QED) is 0.0468. The van der Waals surface area contributed by atoms with Gasteiger partial charge in [-0.1, -0.05) is 83.1 Å². The van der Waals surface area contributed by atoms with Gasteiger partial charge in [0.05, 0.1) is 40.3 Å². The number of likely N-dealkylation sites (N-methyl/N-ethyl adjacent to an activating group) is 1. The van der Waals surface area contributed by atoms with E-state index in [2.05, 4.69) is 32.1 Å². The Morgan fingerprint density at radius 1 is 0.690 bits per heavy atom. The van der Waals surface area contributed by atoms with E-state index < -0.39 is 18.1 Å². The molecule has 8 nitrogen and oxygen atoms in total. The molecule has 0 fully saturated rings. The van der Waals surface area contributed by atoms with Gasteiger partial charge in [-0.3, -0.25) is 9.59 Å². The summed E-state index contributed by atoms with van der Waals surface area (Å²) in [6.45, 7) is 4.47. The molecule has 0 saturated carbocycles. The molecule has 0 N–H and O–H groups in total. The second-order valence-corrected chi connectivity index (χ2v) is 12.0. The number of quaternary nitrogens is 1. The van der Waals surface area contributed by atoms with Crippen molar-refractivity contribution < 1.29 is 38.2 Å². The molecule has 0 radical (unpaired) electrons. The van der Waals surface area contributed by atoms with Crippen LogP contribution in [0.5, 0.6) is 0 Å². The smallest absolute Gasteiger partial charge is 0.306 e. The van der Waals surface area contributed by atoms with Crippen LogP contribution in [0.4, 0.5) is 0 Å². The molecule has 8 heteroatoms. The van der Waals surface area contributed by atoms with Gasteiger partial charge in [-0.2, -0.15) is 0 Å². The van der Waals surface area contributed by atoms with E-state index in [1.54, 1.807) is 21.1 Å². The summed E-state index contributed by atoms with van der Waals surface area (Å²) in [5.41, 5.74) is 0. The molecule has 0 aliphatic carbocycles. The third-order valence-electron chi connectivity index (χ3n) is 7.07. The average molecular weight is 596 g/mol. The summed E-state index contributed by atoms with van der Waals surface area (Å²) in [4.78, 5) is 36.3. The molecule has 0 aliphatic heterocycles. The molecule has 0 saturated heterocycles. The molecule has 0 aromatic rings. The molecular weight excluding hydrogens is 534 g/mol. The van der Waals surface area contributed by atoms with Gasteiger partial charge >= 0.3 is 11.9 Å². The van der Waals surface area contributed by atoms with Crippen LogP contribution in [0.2, 0.25) is 0 Å². The Morgan fingerprint density at radius 2 is 1.26 bits per heavy atom. The van der Waals surface area contributed by atoms with Crippen LogP contribution in [0.25, 0.3) is 0 Å². The number of esters is 2. The lowest BCUT2D eigenvalue weighted by Crippen LogP contribution is -2.55. The van der Waals surface area contributed by atoms with Crippen molar-refractivity contribution in [2.24, 2.45) is 0 Å². The Bertz CT molecular complexity index is 757. The van der Waals surface area contributed by atoms with Crippen molar-refractivity contribution in [3.05, 3.63) is 24.3 Å². The zero-order valence-electron chi connectivity index (χ0n) is 27.4. The number of nitrogens with zero attached hydrogens (tertiary/aromatic N) is 1. The van der Waals surface area contributed by atoms with Crippen LogP contribution in [-0.2, 0) is 28.6 Å². The highest BCUT2D eigenvalue weighted by Crippen LogP contribution is 2.11. The van der Waals surface area contributed by atoms with Gasteiger partial charge in [-0.05, 0) is 44.9 Å². The van der Waals surface area contributed by atoms with Crippen molar-refractivity contribution >= 4 is 17.9 Å². The highest BCUT2D eigenvalue weighted by atomic mass is 16.6. The molecule has 0 bridgehead atoms. The van der Waals surface area contributed by atoms with E-state index in [9.17, 15) is 19.5 Å². The van der Waals surface area contributed by atoms with Crippen LogP contribution in [-0.4, -0.2) is 75.5 Å². The minimum atomic E-state index is -1.13. The molecule has 0 aromatic carbocycles. The number of rotatable bonds is 28. The maximum atomic E-state index is 12.5. The zero-order valence-corrected chi connectivity index (χ0v) is 27.4. The molecular formula is C34H61NO7. The van der Waals surface area contributed by atoms with Crippen LogP contribution in [0, 0.1) is 0 Å². The minimum absolute atomic E-state index is 0.0268. The Kier molecular flexibility index (Phi) is 25.1. The van der Waals surface area contributed by atoms with Gasteiger partial charge in [0.2, 0.25) is 0 Å². The maximum Gasteiger partial charge on any atom is 0.306 e. The highest BCUT2D eigenvalue weighted by molar-refractivity contribution is 5.70. The monoisotopic (exact) mass is 595 g/mol. The van der Waals surface area contributed by atoms with Gasteiger partial charge in [0.1, 0.15) is 12.6 Å². The molecule has 0 aromatic heterocycles. The van der Waals surface area contributed by atoms with E-state index in [0.717, 1.165) is 51.4 Å². The van der Waals surface area contributed by atoms with E-state index in [-0.39, 0.29) is 49.1 Å². The van der Waals surface area contributed by atoms with Crippen molar-refractivity contribution in [3.63, 3.8) is 0 Å². The number of unbranched alkanes of at least 4 members (excludes halogenated alkanes) is 10. The van der Waals surface area contributed by atoms with Crippen LogP contribution < -0.4 is 5.11 Å². The molecule has 0 aliphatic rings.